The van der Waals surface area contributed by atoms with Crippen LogP contribution < -0.4 is 9.46 Å². The lowest BCUT2D eigenvalue weighted by Gasteiger charge is -2.28. The summed E-state index contributed by atoms with van der Waals surface area (Å²) in [4.78, 5) is 26.5. The number of H-pyrrole nitrogens is 2. The van der Waals surface area contributed by atoms with Crippen molar-refractivity contribution in [1.82, 2.24) is 34.9 Å². The first kappa shape index (κ1) is 112. The number of rotatable bonds is 24. The Morgan fingerprint density at radius 1 is 0.449 bits per heavy atom. The van der Waals surface area contributed by atoms with Gasteiger partial charge in [-0.05, 0) is 185 Å². The minimum absolute atomic E-state index is 0. The highest BCUT2D eigenvalue weighted by Gasteiger charge is 2.20. The third-order valence-corrected chi connectivity index (χ3v) is 20.9. The van der Waals surface area contributed by atoms with Gasteiger partial charge in [0.2, 0.25) is 10.0 Å². The van der Waals surface area contributed by atoms with E-state index in [1.54, 1.807) is 24.7 Å². The smallest absolute Gasteiger partial charge is 0.229 e. The van der Waals surface area contributed by atoms with Gasteiger partial charge in [-0.25, -0.2) is 18.4 Å². The summed E-state index contributed by atoms with van der Waals surface area (Å²) in [5.74, 6) is 14.7. The molecule has 0 aliphatic heterocycles. The number of ether oxygens (including phenoxy) is 4. The number of sulfonamides is 1. The predicted molar refractivity (Wildman–Crippen MR) is 505 cm³/mol. The molecule has 118 heavy (non-hydrogen) atoms. The number of aromatic amines is 2. The number of hydrogen-bond acceptors (Lipinski definition) is 12. The van der Waals surface area contributed by atoms with Crippen LogP contribution in [0.3, 0.4) is 0 Å². The highest BCUT2D eigenvalue weighted by molar-refractivity contribution is 7.92. The third-order valence-electron chi connectivity index (χ3n) is 20.3. The van der Waals surface area contributed by atoms with E-state index >= 15 is 0 Å². The summed E-state index contributed by atoms with van der Waals surface area (Å²) in [7, 11) is -3.16. The number of anilines is 1. The van der Waals surface area contributed by atoms with E-state index in [9.17, 15) is 8.42 Å². The van der Waals surface area contributed by atoms with Crippen LogP contribution in [0.25, 0.3) is 0 Å². The van der Waals surface area contributed by atoms with Crippen LogP contribution in [-0.4, -0.2) is 95.8 Å². The monoisotopic (exact) mass is 1640 g/mol. The molecule has 0 radical (unpaired) electrons. The van der Waals surface area contributed by atoms with E-state index in [1.165, 1.54) is 116 Å². The van der Waals surface area contributed by atoms with Gasteiger partial charge in [-0.15, -0.1) is 6.42 Å². The van der Waals surface area contributed by atoms with Gasteiger partial charge in [-0.1, -0.05) is 305 Å². The van der Waals surface area contributed by atoms with Gasteiger partial charge < -0.3 is 28.9 Å². The average molecular weight is 1650 g/mol. The van der Waals surface area contributed by atoms with Crippen molar-refractivity contribution >= 4 is 15.7 Å². The Kier molecular flexibility index (Phi) is 63.4. The van der Waals surface area contributed by atoms with Gasteiger partial charge in [0.25, 0.3) is 0 Å². The van der Waals surface area contributed by atoms with Crippen molar-refractivity contribution < 1.29 is 27.4 Å². The number of terminal acetylenes is 1. The first-order chi connectivity index (χ1) is 55.1. The van der Waals surface area contributed by atoms with Crippen LogP contribution in [-0.2, 0) is 24.2 Å². The second kappa shape index (κ2) is 66.8. The van der Waals surface area contributed by atoms with E-state index in [1.807, 2.05) is 118 Å². The summed E-state index contributed by atoms with van der Waals surface area (Å²) in [6.45, 7) is 55.9. The molecule has 15 nitrogen and oxygen atoms in total. The van der Waals surface area contributed by atoms with Crippen LogP contribution in [0.15, 0.2) is 159 Å². The highest BCUT2D eigenvalue weighted by Crippen LogP contribution is 2.33. The topological polar surface area (TPSA) is 203 Å². The lowest BCUT2D eigenvalue weighted by molar-refractivity contribution is 0.0142. The standard InChI is InChI=1S/C18H26O4.C10H15NO2S.C10H11N.C9H13N.C9H18.2C8H11N.C8H16.C7H12N2.C7H14.C6H10N2.2CH4/c1-4-9-19-10-11-20-12-13-21-14-15-22-18-7-5-17(6-8-18)16(2)3;1-8(2)9-4-6-10(7-5-9)11-14(3,12)13;1-8(2)10-5-3-9(7-11)4-6-10;1-7(2)9-5-4-8(3)10-6-9;1-8(2)9-6-4-3-5-7-9;1-7(2)8-4-3-5-9-6-8;1-7(2)8-5-3-4-6-9-8;1-7(2)8-5-3-4-6-8;1-5(2)7-4-8-6(3)9-7;1-6(2)7-4-3-5-7;1-5(2)6-3-7-4-8-6;;/h1,5-8,16H,9-15H2,2-3H3;4-8,11H,1-3H3;3-6,8H,1-2H3;4-7H,1-3H3;8-9H,3-7H2,1-2H3;2*3-7H,1-2H3;7-8H,3-6H2,1-2H3;4-5H,1-3H3,(H,8,9);6-7H,3-5H2,1-2H3;3-5H,1-2H3,(H,7,8);2*1H4. The van der Waals surface area contributed by atoms with Gasteiger partial charge in [0, 0.05) is 65.6 Å². The second-order valence-electron chi connectivity index (χ2n) is 33.9. The van der Waals surface area contributed by atoms with Crippen molar-refractivity contribution in [3.05, 3.63) is 221 Å². The van der Waals surface area contributed by atoms with Crippen LogP contribution in [0.4, 0.5) is 5.69 Å². The number of hydrogen-bond donors (Lipinski definition) is 3. The fourth-order valence-corrected chi connectivity index (χ4v) is 12.5. The maximum Gasteiger partial charge on any atom is 0.229 e. The van der Waals surface area contributed by atoms with Crippen molar-refractivity contribution in [2.24, 2.45) is 35.5 Å². The van der Waals surface area contributed by atoms with Crippen molar-refractivity contribution in [3.8, 4) is 24.2 Å². The first-order valence-electron chi connectivity index (χ1n) is 43.3. The lowest BCUT2D eigenvalue weighted by atomic mass is 9.78. The van der Waals surface area contributed by atoms with Gasteiger partial charge >= 0.3 is 0 Å². The van der Waals surface area contributed by atoms with E-state index in [0.717, 1.165) is 70.3 Å². The molecule has 8 aromatic rings. The molecule has 3 aliphatic rings. The molecule has 660 valence electrons. The zero-order valence-corrected chi connectivity index (χ0v) is 77.5. The molecule has 3 fully saturated rings. The van der Waals surface area contributed by atoms with E-state index < -0.39 is 10.0 Å². The quantitative estimate of drug-likeness (QED) is 0.0382. The number of nitrogens with one attached hydrogen (secondary N) is 3. The van der Waals surface area contributed by atoms with Crippen molar-refractivity contribution in [2.75, 3.05) is 57.2 Å². The molecular formula is C102H165N9O6S. The van der Waals surface area contributed by atoms with E-state index in [-0.39, 0.29) is 14.9 Å². The Labute approximate surface area is 722 Å². The molecule has 16 heteroatoms. The molecule has 11 rings (SSSR count). The van der Waals surface area contributed by atoms with E-state index in [4.69, 9.17) is 30.6 Å². The molecule has 3 saturated carbocycles. The number of aryl methyl sites for hydroxylation is 2. The zero-order valence-electron chi connectivity index (χ0n) is 76.6. The second-order valence-corrected chi connectivity index (χ2v) is 35.7. The van der Waals surface area contributed by atoms with Gasteiger partial charge in [0.15, 0.2) is 0 Å². The normalized spacial score (nSPS) is 12.9. The van der Waals surface area contributed by atoms with Crippen LogP contribution in [0.2, 0.25) is 0 Å². The molecule has 0 saturated heterocycles. The van der Waals surface area contributed by atoms with Gasteiger partial charge in [-0.2, -0.15) is 5.26 Å². The number of imidazole rings is 2. The summed E-state index contributed by atoms with van der Waals surface area (Å²) in [5, 5.41) is 8.52. The maximum atomic E-state index is 10.9. The molecule has 0 amide bonds. The Bertz CT molecular complexity index is 3770. The molecule has 0 bridgehead atoms. The summed E-state index contributed by atoms with van der Waals surface area (Å²) in [6, 6.07) is 39.6. The summed E-state index contributed by atoms with van der Waals surface area (Å²) in [5.41, 5.74) is 12.4. The summed E-state index contributed by atoms with van der Waals surface area (Å²) < 4.78 is 45.7. The summed E-state index contributed by atoms with van der Waals surface area (Å²) >= 11 is 0. The Morgan fingerprint density at radius 3 is 1.21 bits per heavy atom. The van der Waals surface area contributed by atoms with Gasteiger partial charge in [0.05, 0.1) is 57.3 Å². The van der Waals surface area contributed by atoms with Gasteiger partial charge in [-0.3, -0.25) is 19.7 Å². The molecular weight excluding hydrogens is 1480 g/mol. The first-order valence-corrected chi connectivity index (χ1v) is 45.2. The molecule has 3 aromatic carbocycles. The molecule has 0 unspecified atom stereocenters. The average Bonchev–Trinajstić information content (AvgIpc) is 1.38. The Hall–Kier alpha value is -7.99. The molecule has 3 N–H and O–H groups in total. The summed E-state index contributed by atoms with van der Waals surface area (Å²) in [6.07, 6.45) is 37.0. The Morgan fingerprint density at radius 2 is 0.898 bits per heavy atom. The molecule has 3 aliphatic carbocycles. The van der Waals surface area contributed by atoms with E-state index in [2.05, 4.69) is 234 Å². The number of pyridine rings is 3. The highest BCUT2D eigenvalue weighted by atomic mass is 32.2. The SMILES string of the molecule is C.C.C#CCOCCOCCOCCOc1ccc(C(C)C)cc1.CC(C)C1CCC1.CC(C)C1CCCC1.CC(C)C1CCCCC1.CC(C)c1ccc(C#N)cc1.CC(C)c1ccc(NS(C)(=O)=O)cc1.CC(C)c1ccccn1.CC(C)c1cccnc1.CC(C)c1cnc[nH]1.Cc1ccc(C(C)C)cn1.Cc1ncc(C(C)C)[nH]1. The van der Waals surface area contributed by atoms with Crippen LogP contribution in [0.1, 0.15) is 354 Å². The maximum absolute atomic E-state index is 10.9. The molecule has 0 spiro atoms. The fraction of sp³-hybridized carbons (Fsp3) is 0.588. The third kappa shape index (κ3) is 55.7. The fourth-order valence-electron chi connectivity index (χ4n) is 11.9. The lowest BCUT2D eigenvalue weighted by Crippen LogP contribution is -2.16. The predicted octanol–water partition coefficient (Wildman–Crippen LogP) is 27.8. The van der Waals surface area contributed by atoms with Crippen molar-refractivity contribution in [3.63, 3.8) is 0 Å². The molecule has 0 atom stereocenters. The number of benzene rings is 3. The van der Waals surface area contributed by atoms with Crippen molar-refractivity contribution in [1.29, 1.82) is 5.26 Å². The van der Waals surface area contributed by atoms with Crippen LogP contribution in [0, 0.1) is 73.0 Å². The minimum atomic E-state index is -3.16. The van der Waals surface area contributed by atoms with Crippen LogP contribution in [0.5, 0.6) is 5.75 Å². The van der Waals surface area contributed by atoms with Gasteiger partial charge in [0.1, 0.15) is 24.8 Å². The van der Waals surface area contributed by atoms with E-state index in [0.29, 0.717) is 99.3 Å². The largest absolute Gasteiger partial charge is 0.491 e. The molecule has 5 aromatic heterocycles. The Balaban J connectivity index is 0. The zero-order chi connectivity index (χ0) is 86.8. The number of nitriles is 1. The number of aromatic nitrogens is 7. The van der Waals surface area contributed by atoms with Crippen LogP contribution >= 0.6 is 0 Å². The van der Waals surface area contributed by atoms with Crippen molar-refractivity contribution in [2.45, 2.75) is 305 Å². The molecule has 5 heterocycles. The minimum Gasteiger partial charge on any atom is -0.491 e. The number of nitrogens with zero attached hydrogens (tertiary/aromatic N) is 6.